The summed E-state index contributed by atoms with van der Waals surface area (Å²) < 4.78 is 0. The van der Waals surface area contributed by atoms with Crippen LogP contribution < -0.4 is 10.6 Å². The molecule has 5 rings (SSSR count). The molecule has 0 fully saturated rings. The Kier molecular flexibility index (Phi) is 5.95. The maximum atomic E-state index is 11.9. The van der Waals surface area contributed by atoms with Crippen LogP contribution in [0.5, 0.6) is 0 Å². The minimum absolute atomic E-state index is 0.129. The number of fused-ring (bicyclic) bond motifs is 1. The highest BCUT2D eigenvalue weighted by Gasteiger charge is 2.15. The molecule has 0 saturated heterocycles. The Morgan fingerprint density at radius 3 is 2.32 bits per heavy atom. The first-order valence-corrected chi connectivity index (χ1v) is 11.1. The highest BCUT2D eigenvalue weighted by Crippen LogP contribution is 2.34. The predicted molar refractivity (Wildman–Crippen MR) is 135 cm³/mol. The van der Waals surface area contributed by atoms with Gasteiger partial charge in [0.15, 0.2) is 5.82 Å². The molecule has 0 atom stereocenters. The predicted octanol–water partition coefficient (Wildman–Crippen LogP) is 5.33. The van der Waals surface area contributed by atoms with Crippen LogP contribution in [0.15, 0.2) is 97.2 Å². The molecule has 0 aliphatic heterocycles. The molecule has 2 heterocycles. The van der Waals surface area contributed by atoms with Gasteiger partial charge < -0.3 is 10.6 Å². The van der Waals surface area contributed by atoms with Gasteiger partial charge in [0.1, 0.15) is 5.82 Å². The summed E-state index contributed by atoms with van der Waals surface area (Å²) in [7, 11) is 1.62. The molecule has 0 spiro atoms. The second kappa shape index (κ2) is 9.50. The van der Waals surface area contributed by atoms with Gasteiger partial charge in [0.05, 0.1) is 23.1 Å². The average molecular weight is 446 g/mol. The van der Waals surface area contributed by atoms with Crippen LogP contribution in [-0.2, 0) is 6.54 Å². The number of pyridine rings is 1. The summed E-state index contributed by atoms with van der Waals surface area (Å²) >= 11 is 0. The Hall–Kier alpha value is -4.58. The van der Waals surface area contributed by atoms with Crippen molar-refractivity contribution in [2.75, 3.05) is 12.4 Å². The molecule has 1 amide bonds. The molecule has 2 N–H and O–H groups in total. The van der Waals surface area contributed by atoms with Crippen LogP contribution in [0.25, 0.3) is 33.4 Å². The molecule has 0 radical (unpaired) electrons. The lowest BCUT2D eigenvalue weighted by Crippen LogP contribution is -2.17. The number of amides is 1. The van der Waals surface area contributed by atoms with E-state index in [2.05, 4.69) is 33.8 Å². The highest BCUT2D eigenvalue weighted by atomic mass is 16.1. The van der Waals surface area contributed by atoms with E-state index >= 15 is 0 Å². The molecular weight excluding hydrogens is 422 g/mol. The van der Waals surface area contributed by atoms with Crippen LogP contribution in [0.1, 0.15) is 16.1 Å². The molecule has 166 valence electrons. The minimum atomic E-state index is -0.129. The Balaban J connectivity index is 1.63. The zero-order valence-corrected chi connectivity index (χ0v) is 18.7. The van der Waals surface area contributed by atoms with Crippen molar-refractivity contribution in [2.24, 2.45) is 0 Å². The van der Waals surface area contributed by atoms with E-state index in [1.54, 1.807) is 25.4 Å². The fraction of sp³-hybridized carbons (Fsp3) is 0.0714. The van der Waals surface area contributed by atoms with E-state index < -0.39 is 0 Å². The van der Waals surface area contributed by atoms with Crippen LogP contribution in [-0.4, -0.2) is 27.9 Å². The van der Waals surface area contributed by atoms with Crippen LogP contribution in [0, 0.1) is 0 Å². The molecule has 2 aromatic heterocycles. The molecule has 0 saturated carbocycles. The molecule has 0 aliphatic rings. The topological polar surface area (TPSA) is 79.8 Å². The van der Waals surface area contributed by atoms with Gasteiger partial charge in [0, 0.05) is 24.4 Å². The molecule has 0 aliphatic carbocycles. The molecule has 6 heteroatoms. The first kappa shape index (κ1) is 21.3. The first-order chi connectivity index (χ1) is 16.7. The third kappa shape index (κ3) is 4.34. The lowest BCUT2D eigenvalue weighted by Gasteiger charge is -2.14. The van der Waals surface area contributed by atoms with Gasteiger partial charge in [-0.15, -0.1) is 0 Å². The number of hydrogen-bond acceptors (Lipinski definition) is 5. The standard InChI is InChI=1S/C28H23N5O/c1-29-28(34)21-15-13-20(14-16-21)26-32-24-12-7-11-23(19-8-3-2-4-9-19)25(24)27(33-26)31-18-22-10-5-6-17-30-22/h2-17H,18H2,1H3,(H,29,34)(H,31,32,33). The van der Waals surface area contributed by atoms with E-state index in [1.807, 2.05) is 60.7 Å². The van der Waals surface area contributed by atoms with E-state index in [-0.39, 0.29) is 5.91 Å². The van der Waals surface area contributed by atoms with Crippen molar-refractivity contribution >= 4 is 22.6 Å². The average Bonchev–Trinajstić information content (AvgIpc) is 2.92. The number of rotatable bonds is 6. The van der Waals surface area contributed by atoms with Gasteiger partial charge >= 0.3 is 0 Å². The van der Waals surface area contributed by atoms with E-state index in [0.717, 1.165) is 39.1 Å². The zero-order chi connectivity index (χ0) is 23.3. The van der Waals surface area contributed by atoms with E-state index in [1.165, 1.54) is 0 Å². The molecule has 34 heavy (non-hydrogen) atoms. The summed E-state index contributed by atoms with van der Waals surface area (Å²) in [6, 6.07) is 29.5. The number of aromatic nitrogens is 3. The van der Waals surface area contributed by atoms with Crippen molar-refractivity contribution < 1.29 is 4.79 Å². The smallest absolute Gasteiger partial charge is 0.251 e. The maximum Gasteiger partial charge on any atom is 0.251 e. The molecule has 3 aromatic carbocycles. The Bertz CT molecular complexity index is 1440. The fourth-order valence-electron chi connectivity index (χ4n) is 3.89. The molecular formula is C28H23N5O. The molecule has 0 unspecified atom stereocenters. The second-order valence-electron chi connectivity index (χ2n) is 7.79. The van der Waals surface area contributed by atoms with E-state index in [0.29, 0.717) is 17.9 Å². The second-order valence-corrected chi connectivity index (χ2v) is 7.79. The van der Waals surface area contributed by atoms with Crippen molar-refractivity contribution in [1.29, 1.82) is 0 Å². The molecule has 5 aromatic rings. The van der Waals surface area contributed by atoms with Crippen molar-refractivity contribution in [2.45, 2.75) is 6.54 Å². The van der Waals surface area contributed by atoms with Crippen LogP contribution in [0.3, 0.4) is 0 Å². The van der Waals surface area contributed by atoms with Gasteiger partial charge in [-0.3, -0.25) is 9.78 Å². The van der Waals surface area contributed by atoms with Gasteiger partial charge in [-0.25, -0.2) is 9.97 Å². The van der Waals surface area contributed by atoms with Gasteiger partial charge in [-0.05, 0) is 41.5 Å². The number of hydrogen-bond donors (Lipinski definition) is 2. The van der Waals surface area contributed by atoms with Gasteiger partial charge in [-0.1, -0.05) is 60.7 Å². The Morgan fingerprint density at radius 1 is 0.794 bits per heavy atom. The molecule has 6 nitrogen and oxygen atoms in total. The Morgan fingerprint density at radius 2 is 1.59 bits per heavy atom. The lowest BCUT2D eigenvalue weighted by molar-refractivity contribution is 0.0963. The summed E-state index contributed by atoms with van der Waals surface area (Å²) in [5, 5.41) is 7.08. The van der Waals surface area contributed by atoms with Gasteiger partial charge in [-0.2, -0.15) is 0 Å². The summed E-state index contributed by atoms with van der Waals surface area (Å²) in [6.07, 6.45) is 1.78. The van der Waals surface area contributed by atoms with E-state index in [4.69, 9.17) is 9.97 Å². The van der Waals surface area contributed by atoms with Crippen molar-refractivity contribution in [3.05, 3.63) is 108 Å². The minimum Gasteiger partial charge on any atom is -0.364 e. The van der Waals surface area contributed by atoms with Crippen LogP contribution in [0.2, 0.25) is 0 Å². The largest absolute Gasteiger partial charge is 0.364 e. The highest BCUT2D eigenvalue weighted by molar-refractivity contribution is 6.02. The van der Waals surface area contributed by atoms with Crippen molar-refractivity contribution in [1.82, 2.24) is 20.3 Å². The third-order valence-electron chi connectivity index (χ3n) is 5.60. The van der Waals surface area contributed by atoms with Crippen LogP contribution >= 0.6 is 0 Å². The fourth-order valence-corrected chi connectivity index (χ4v) is 3.89. The van der Waals surface area contributed by atoms with Gasteiger partial charge in [0.25, 0.3) is 5.91 Å². The molecule has 0 bridgehead atoms. The Labute approximate surface area is 197 Å². The van der Waals surface area contributed by atoms with Crippen LogP contribution in [0.4, 0.5) is 5.82 Å². The van der Waals surface area contributed by atoms with Gasteiger partial charge in [0.2, 0.25) is 0 Å². The zero-order valence-electron chi connectivity index (χ0n) is 18.7. The maximum absolute atomic E-state index is 11.9. The summed E-state index contributed by atoms with van der Waals surface area (Å²) in [5.41, 5.74) is 5.34. The summed E-state index contributed by atoms with van der Waals surface area (Å²) in [6.45, 7) is 0.533. The third-order valence-corrected chi connectivity index (χ3v) is 5.60. The quantitative estimate of drug-likeness (QED) is 0.369. The van der Waals surface area contributed by atoms with Crippen molar-refractivity contribution in [3.8, 4) is 22.5 Å². The number of benzene rings is 3. The van der Waals surface area contributed by atoms with Crippen molar-refractivity contribution in [3.63, 3.8) is 0 Å². The SMILES string of the molecule is CNC(=O)c1ccc(-c2nc(NCc3ccccn3)c3c(-c4ccccc4)cccc3n2)cc1. The number of anilines is 1. The number of nitrogens with one attached hydrogen (secondary N) is 2. The van der Waals surface area contributed by atoms with E-state index in [9.17, 15) is 4.79 Å². The summed E-state index contributed by atoms with van der Waals surface area (Å²) in [5.74, 6) is 1.20. The summed E-state index contributed by atoms with van der Waals surface area (Å²) in [4.78, 5) is 26.1. The number of nitrogens with zero attached hydrogens (tertiary/aromatic N) is 3. The first-order valence-electron chi connectivity index (χ1n) is 11.1. The number of carbonyl (C=O) groups excluding carboxylic acids is 1. The monoisotopic (exact) mass is 445 g/mol. The normalized spacial score (nSPS) is 10.7. The lowest BCUT2D eigenvalue weighted by atomic mass is 10.0. The number of carbonyl (C=O) groups is 1.